The molecule has 1 N–H and O–H groups in total. The van der Waals surface area contributed by atoms with E-state index in [4.69, 9.17) is 0 Å². The summed E-state index contributed by atoms with van der Waals surface area (Å²) >= 11 is 0. The number of aromatic amines is 1. The lowest BCUT2D eigenvalue weighted by Gasteiger charge is -2.35. The Balaban J connectivity index is 1.69. The number of piperazine rings is 1. The van der Waals surface area contributed by atoms with E-state index in [2.05, 4.69) is 31.8 Å². The number of halogens is 1. The zero-order valence-corrected chi connectivity index (χ0v) is 13.2. The average Bonchev–Trinajstić information content (AvgIpc) is 2.59. The highest BCUT2D eigenvalue weighted by Crippen LogP contribution is 2.14. The molecule has 1 aliphatic rings. The molecule has 0 unspecified atom stereocenters. The van der Waals surface area contributed by atoms with Crippen molar-refractivity contribution in [2.24, 2.45) is 0 Å². The summed E-state index contributed by atoms with van der Waals surface area (Å²) in [6.45, 7) is 6.31. The molecule has 8 heteroatoms. The van der Waals surface area contributed by atoms with E-state index >= 15 is 0 Å². The molecule has 0 radical (unpaired) electrons. The number of aromatic nitrogens is 4. The highest BCUT2D eigenvalue weighted by molar-refractivity contribution is 5.38. The number of rotatable bonds is 3. The van der Waals surface area contributed by atoms with Gasteiger partial charge in [-0.1, -0.05) is 6.92 Å². The minimum absolute atomic E-state index is 0.115. The predicted octanol–water partition coefficient (Wildman–Crippen LogP) is 0.896. The third-order valence-electron chi connectivity index (χ3n) is 3.98. The Morgan fingerprint density at radius 3 is 2.35 bits per heavy atom. The Bertz CT molecular complexity index is 737. The van der Waals surface area contributed by atoms with Crippen molar-refractivity contribution in [1.82, 2.24) is 19.9 Å². The smallest absolute Gasteiger partial charge is 0.288 e. The van der Waals surface area contributed by atoms with Crippen LogP contribution >= 0.6 is 0 Å². The van der Waals surface area contributed by atoms with E-state index in [9.17, 15) is 9.18 Å². The molecule has 0 bridgehead atoms. The summed E-state index contributed by atoms with van der Waals surface area (Å²) < 4.78 is 13.4. The third kappa shape index (κ3) is 3.15. The Kier molecular flexibility index (Phi) is 4.22. The van der Waals surface area contributed by atoms with E-state index in [1.54, 1.807) is 0 Å². The van der Waals surface area contributed by atoms with Gasteiger partial charge in [0.2, 0.25) is 17.7 Å². The van der Waals surface area contributed by atoms with Crippen molar-refractivity contribution in [2.75, 3.05) is 36.0 Å². The molecule has 0 aromatic carbocycles. The fourth-order valence-electron chi connectivity index (χ4n) is 2.52. The highest BCUT2D eigenvalue weighted by Gasteiger charge is 2.21. The Hall–Kier alpha value is -2.51. The number of nitrogens with zero attached hydrogens (tertiary/aromatic N) is 5. The molecule has 0 amide bonds. The first kappa shape index (κ1) is 15.4. The SMILES string of the molecule is CCc1cnc(N2CCN(c3nc(C)c(F)c(=O)[nH]3)CC2)nc1. The van der Waals surface area contributed by atoms with Gasteiger partial charge < -0.3 is 9.80 Å². The summed E-state index contributed by atoms with van der Waals surface area (Å²) in [4.78, 5) is 30.9. The van der Waals surface area contributed by atoms with E-state index in [-0.39, 0.29) is 5.69 Å². The van der Waals surface area contributed by atoms with E-state index in [0.29, 0.717) is 38.1 Å². The van der Waals surface area contributed by atoms with Crippen molar-refractivity contribution in [3.63, 3.8) is 0 Å². The minimum atomic E-state index is -0.822. The molecule has 23 heavy (non-hydrogen) atoms. The van der Waals surface area contributed by atoms with Crippen molar-refractivity contribution >= 4 is 11.9 Å². The molecule has 3 heterocycles. The molecule has 0 spiro atoms. The summed E-state index contributed by atoms with van der Waals surface area (Å²) in [7, 11) is 0. The van der Waals surface area contributed by atoms with Crippen LogP contribution in [0.25, 0.3) is 0 Å². The first-order valence-corrected chi connectivity index (χ1v) is 7.65. The van der Waals surface area contributed by atoms with Gasteiger partial charge in [-0.2, -0.15) is 4.39 Å². The maximum Gasteiger partial charge on any atom is 0.288 e. The van der Waals surface area contributed by atoms with Gasteiger partial charge in [-0.05, 0) is 18.9 Å². The van der Waals surface area contributed by atoms with Crippen LogP contribution in [0.1, 0.15) is 18.2 Å². The first-order chi connectivity index (χ1) is 11.1. The van der Waals surface area contributed by atoms with Gasteiger partial charge in [-0.25, -0.2) is 15.0 Å². The van der Waals surface area contributed by atoms with Crippen molar-refractivity contribution in [2.45, 2.75) is 20.3 Å². The minimum Gasteiger partial charge on any atom is -0.339 e. The molecular formula is C15H19FN6O. The van der Waals surface area contributed by atoms with Crippen molar-refractivity contribution in [3.05, 3.63) is 39.8 Å². The van der Waals surface area contributed by atoms with Crippen LogP contribution < -0.4 is 15.4 Å². The van der Waals surface area contributed by atoms with E-state index in [1.807, 2.05) is 17.3 Å². The molecule has 1 fully saturated rings. The maximum atomic E-state index is 13.4. The Morgan fingerprint density at radius 2 is 1.78 bits per heavy atom. The number of anilines is 2. The molecule has 1 saturated heterocycles. The van der Waals surface area contributed by atoms with Crippen LogP contribution in [0.3, 0.4) is 0 Å². The fraction of sp³-hybridized carbons (Fsp3) is 0.467. The topological polar surface area (TPSA) is 78.0 Å². The monoisotopic (exact) mass is 318 g/mol. The third-order valence-corrected chi connectivity index (χ3v) is 3.98. The molecule has 0 atom stereocenters. The van der Waals surface area contributed by atoms with Gasteiger partial charge in [-0.3, -0.25) is 9.78 Å². The molecule has 2 aromatic heterocycles. The number of H-pyrrole nitrogens is 1. The van der Waals surface area contributed by atoms with Gasteiger partial charge in [0.25, 0.3) is 5.56 Å². The van der Waals surface area contributed by atoms with Crippen LogP contribution in [0.2, 0.25) is 0 Å². The maximum absolute atomic E-state index is 13.4. The molecular weight excluding hydrogens is 299 g/mol. The Labute approximate surface area is 133 Å². The quantitative estimate of drug-likeness (QED) is 0.906. The molecule has 0 aliphatic carbocycles. The van der Waals surface area contributed by atoms with Gasteiger partial charge in [0.1, 0.15) is 0 Å². The van der Waals surface area contributed by atoms with Crippen LogP contribution in [0.5, 0.6) is 0 Å². The molecule has 1 aliphatic heterocycles. The van der Waals surface area contributed by atoms with Gasteiger partial charge in [0, 0.05) is 38.6 Å². The van der Waals surface area contributed by atoms with Gasteiger partial charge in [0.15, 0.2) is 0 Å². The number of hydrogen-bond acceptors (Lipinski definition) is 6. The number of hydrogen-bond donors (Lipinski definition) is 1. The summed E-state index contributed by atoms with van der Waals surface area (Å²) in [5.74, 6) is 0.297. The summed E-state index contributed by atoms with van der Waals surface area (Å²) in [6.07, 6.45) is 4.60. The largest absolute Gasteiger partial charge is 0.339 e. The van der Waals surface area contributed by atoms with E-state index in [0.717, 1.165) is 12.0 Å². The van der Waals surface area contributed by atoms with Gasteiger partial charge >= 0.3 is 0 Å². The summed E-state index contributed by atoms with van der Waals surface area (Å²) in [5.41, 5.74) is 0.494. The van der Waals surface area contributed by atoms with E-state index < -0.39 is 11.4 Å². The van der Waals surface area contributed by atoms with Crippen molar-refractivity contribution in [3.8, 4) is 0 Å². The fourth-order valence-corrected chi connectivity index (χ4v) is 2.52. The standard InChI is InChI=1S/C15H19FN6O/c1-3-11-8-17-14(18-9-11)21-4-6-22(7-5-21)15-19-10(2)12(16)13(23)20-15/h8-9H,3-7H2,1-2H3,(H,19,20,23). The highest BCUT2D eigenvalue weighted by atomic mass is 19.1. The Morgan fingerprint density at radius 1 is 1.17 bits per heavy atom. The average molecular weight is 318 g/mol. The molecule has 0 saturated carbocycles. The second-order valence-corrected chi connectivity index (χ2v) is 5.51. The lowest BCUT2D eigenvalue weighted by Crippen LogP contribution is -2.48. The van der Waals surface area contributed by atoms with E-state index in [1.165, 1.54) is 6.92 Å². The predicted molar refractivity (Wildman–Crippen MR) is 85.4 cm³/mol. The van der Waals surface area contributed by atoms with Crippen LogP contribution in [0.15, 0.2) is 17.2 Å². The van der Waals surface area contributed by atoms with Crippen molar-refractivity contribution in [1.29, 1.82) is 0 Å². The number of aryl methyl sites for hydroxylation is 2. The summed E-state index contributed by atoms with van der Waals surface area (Å²) in [6, 6.07) is 0. The van der Waals surface area contributed by atoms with Gasteiger partial charge in [-0.15, -0.1) is 0 Å². The van der Waals surface area contributed by atoms with Crippen LogP contribution in [-0.2, 0) is 6.42 Å². The lowest BCUT2D eigenvalue weighted by atomic mass is 10.3. The second-order valence-electron chi connectivity index (χ2n) is 5.51. The molecule has 7 nitrogen and oxygen atoms in total. The van der Waals surface area contributed by atoms with Crippen molar-refractivity contribution < 1.29 is 4.39 Å². The zero-order valence-electron chi connectivity index (χ0n) is 13.2. The lowest BCUT2D eigenvalue weighted by molar-refractivity contribution is 0.578. The second kappa shape index (κ2) is 6.31. The first-order valence-electron chi connectivity index (χ1n) is 7.65. The molecule has 122 valence electrons. The zero-order chi connectivity index (χ0) is 16.4. The normalized spacial score (nSPS) is 15.1. The molecule has 3 rings (SSSR count). The van der Waals surface area contributed by atoms with Crippen LogP contribution in [0.4, 0.5) is 16.3 Å². The number of nitrogens with one attached hydrogen (secondary N) is 1. The van der Waals surface area contributed by atoms with Gasteiger partial charge in [0.05, 0.1) is 5.69 Å². The van der Waals surface area contributed by atoms with Crippen LogP contribution in [0, 0.1) is 12.7 Å². The van der Waals surface area contributed by atoms with Crippen LogP contribution in [-0.4, -0.2) is 46.1 Å². The molecule has 2 aromatic rings. The summed E-state index contributed by atoms with van der Waals surface area (Å²) in [5, 5.41) is 0.